The maximum Gasteiger partial charge on any atom is 0.358 e. The number of hydrogen-bond donors (Lipinski definition) is 1. The lowest BCUT2D eigenvalue weighted by Crippen LogP contribution is -2.10. The maximum atomic E-state index is 13.4. The fourth-order valence-electron chi connectivity index (χ4n) is 1.39. The molecular weight excluding hydrogens is 340 g/mol. The van der Waals surface area contributed by atoms with Crippen LogP contribution < -0.4 is 4.74 Å². The van der Waals surface area contributed by atoms with E-state index in [1.807, 2.05) is 0 Å². The quantitative estimate of drug-likeness (QED) is 0.838. The average molecular weight is 348 g/mol. The Balaban J connectivity index is 1.97. The molecule has 0 aliphatic rings. The molecule has 1 heterocycles. The molecule has 0 saturated heterocycles. The largest absolute Gasteiger partial charge is 0.488 e. The minimum atomic E-state index is -1.20. The number of carboxylic acid groups (broad SMARTS) is 1. The van der Waals surface area contributed by atoms with E-state index in [-0.39, 0.29) is 24.6 Å². The molecule has 0 spiro atoms. The number of carboxylic acids is 1. The highest BCUT2D eigenvalue weighted by molar-refractivity contribution is 9.10. The van der Waals surface area contributed by atoms with Gasteiger partial charge in [0.05, 0.1) is 12.7 Å². The summed E-state index contributed by atoms with van der Waals surface area (Å²) in [5, 5.41) is 15.6. The van der Waals surface area contributed by atoms with E-state index in [1.165, 1.54) is 16.9 Å². The Hall–Kier alpha value is -2.03. The second-order valence-corrected chi connectivity index (χ2v) is 4.64. The van der Waals surface area contributed by atoms with Crippen LogP contribution in [-0.4, -0.2) is 32.7 Å². The molecule has 106 valence electrons. The third kappa shape index (κ3) is 3.29. The Morgan fingerprint density at radius 2 is 2.20 bits per heavy atom. The molecule has 9 heteroatoms. The second kappa shape index (κ2) is 5.95. The minimum Gasteiger partial charge on any atom is -0.488 e. The Labute approximate surface area is 120 Å². The fraction of sp³-hybridized carbons (Fsp3) is 0.182. The number of carbonyl (C=O) groups is 1. The predicted octanol–water partition coefficient (Wildman–Crippen LogP) is 2.10. The van der Waals surface area contributed by atoms with E-state index in [2.05, 4.69) is 26.2 Å². The molecular formula is C11H8BrF2N3O3. The van der Waals surface area contributed by atoms with Gasteiger partial charge in [-0.2, -0.15) is 4.39 Å². The molecule has 0 bridgehead atoms. The van der Waals surface area contributed by atoms with E-state index in [1.54, 1.807) is 0 Å². The molecule has 0 fully saturated rings. The first-order valence-corrected chi connectivity index (χ1v) is 6.17. The van der Waals surface area contributed by atoms with Gasteiger partial charge in [0.15, 0.2) is 17.3 Å². The number of rotatable bonds is 5. The Bertz CT molecular complexity index is 648. The zero-order valence-electron chi connectivity index (χ0n) is 9.89. The van der Waals surface area contributed by atoms with Crippen LogP contribution in [0, 0.1) is 11.6 Å². The van der Waals surface area contributed by atoms with Crippen molar-refractivity contribution in [3.05, 3.63) is 40.1 Å². The molecule has 0 amide bonds. The molecule has 20 heavy (non-hydrogen) atoms. The standard InChI is InChI=1S/C11H8BrF2N3O3/c12-6-3-7(13)10(14)9(4-6)20-2-1-17-5-8(11(18)19)15-16-17/h3-5H,1-2H2,(H,18,19). The number of ether oxygens (including phenoxy) is 1. The highest BCUT2D eigenvalue weighted by Crippen LogP contribution is 2.25. The number of aromatic nitrogens is 3. The van der Waals surface area contributed by atoms with E-state index in [9.17, 15) is 13.6 Å². The molecule has 0 radical (unpaired) electrons. The zero-order chi connectivity index (χ0) is 14.7. The summed E-state index contributed by atoms with van der Waals surface area (Å²) in [5.74, 6) is -3.55. The zero-order valence-corrected chi connectivity index (χ0v) is 11.5. The lowest BCUT2D eigenvalue weighted by atomic mass is 10.3. The monoisotopic (exact) mass is 347 g/mol. The Kier molecular flexibility index (Phi) is 4.28. The van der Waals surface area contributed by atoms with Crippen LogP contribution in [0.2, 0.25) is 0 Å². The van der Waals surface area contributed by atoms with Crippen LogP contribution >= 0.6 is 15.9 Å². The van der Waals surface area contributed by atoms with Gasteiger partial charge in [0.2, 0.25) is 5.82 Å². The summed E-state index contributed by atoms with van der Waals surface area (Å²) < 4.78 is 33.2. The summed E-state index contributed by atoms with van der Waals surface area (Å²) in [6, 6.07) is 2.28. The van der Waals surface area contributed by atoms with Gasteiger partial charge in [0, 0.05) is 4.47 Å². The summed E-state index contributed by atoms with van der Waals surface area (Å²) in [6.45, 7) is 0.128. The molecule has 0 saturated carbocycles. The molecule has 0 atom stereocenters. The Morgan fingerprint density at radius 3 is 2.85 bits per heavy atom. The van der Waals surface area contributed by atoms with Crippen LogP contribution in [0.15, 0.2) is 22.8 Å². The van der Waals surface area contributed by atoms with Crippen LogP contribution in [0.5, 0.6) is 5.75 Å². The van der Waals surface area contributed by atoms with Crippen molar-refractivity contribution in [2.24, 2.45) is 0 Å². The first-order chi connectivity index (χ1) is 9.47. The van der Waals surface area contributed by atoms with Crippen LogP contribution in [-0.2, 0) is 6.54 Å². The van der Waals surface area contributed by atoms with Gasteiger partial charge in [0.25, 0.3) is 0 Å². The van der Waals surface area contributed by atoms with Crippen LogP contribution in [0.1, 0.15) is 10.5 Å². The van der Waals surface area contributed by atoms with Gasteiger partial charge >= 0.3 is 5.97 Å². The van der Waals surface area contributed by atoms with Crippen molar-refractivity contribution < 1.29 is 23.4 Å². The predicted molar refractivity (Wildman–Crippen MR) is 66.5 cm³/mol. The van der Waals surface area contributed by atoms with Crippen molar-refractivity contribution in [1.29, 1.82) is 0 Å². The number of benzene rings is 1. The van der Waals surface area contributed by atoms with Crippen molar-refractivity contribution >= 4 is 21.9 Å². The highest BCUT2D eigenvalue weighted by atomic mass is 79.9. The summed E-state index contributed by atoms with van der Waals surface area (Å²) in [7, 11) is 0. The summed E-state index contributed by atoms with van der Waals surface area (Å²) in [6.07, 6.45) is 1.21. The van der Waals surface area contributed by atoms with Gasteiger partial charge in [-0.05, 0) is 12.1 Å². The summed E-state index contributed by atoms with van der Waals surface area (Å²) >= 11 is 3.02. The molecule has 0 aliphatic heterocycles. The minimum absolute atomic E-state index is 0.0186. The fourth-order valence-corrected chi connectivity index (χ4v) is 1.80. The van der Waals surface area contributed by atoms with Crippen molar-refractivity contribution in [3.63, 3.8) is 0 Å². The van der Waals surface area contributed by atoms with Crippen molar-refractivity contribution in [2.45, 2.75) is 6.54 Å². The van der Waals surface area contributed by atoms with Gasteiger partial charge < -0.3 is 9.84 Å². The van der Waals surface area contributed by atoms with Gasteiger partial charge in [-0.15, -0.1) is 5.10 Å². The third-order valence-electron chi connectivity index (χ3n) is 2.30. The van der Waals surface area contributed by atoms with Gasteiger partial charge in [-0.1, -0.05) is 21.1 Å². The molecule has 6 nitrogen and oxygen atoms in total. The van der Waals surface area contributed by atoms with Crippen LogP contribution in [0.3, 0.4) is 0 Å². The number of halogens is 3. The SMILES string of the molecule is O=C(O)c1cn(CCOc2cc(Br)cc(F)c2F)nn1. The Morgan fingerprint density at radius 1 is 1.45 bits per heavy atom. The molecule has 2 rings (SSSR count). The summed E-state index contributed by atoms with van der Waals surface area (Å²) in [4.78, 5) is 10.6. The lowest BCUT2D eigenvalue weighted by molar-refractivity contribution is 0.0690. The van der Waals surface area contributed by atoms with Gasteiger partial charge in [-0.3, -0.25) is 0 Å². The second-order valence-electron chi connectivity index (χ2n) is 3.72. The normalized spacial score (nSPS) is 10.6. The van der Waals surface area contributed by atoms with E-state index >= 15 is 0 Å². The van der Waals surface area contributed by atoms with Crippen molar-refractivity contribution in [1.82, 2.24) is 15.0 Å². The highest BCUT2D eigenvalue weighted by Gasteiger charge is 2.12. The van der Waals surface area contributed by atoms with E-state index < -0.39 is 17.6 Å². The third-order valence-corrected chi connectivity index (χ3v) is 2.75. The number of hydrogen-bond acceptors (Lipinski definition) is 4. The molecule has 0 aliphatic carbocycles. The number of nitrogens with zero attached hydrogens (tertiary/aromatic N) is 3. The lowest BCUT2D eigenvalue weighted by Gasteiger charge is -2.08. The van der Waals surface area contributed by atoms with E-state index in [0.717, 1.165) is 6.07 Å². The van der Waals surface area contributed by atoms with Crippen molar-refractivity contribution in [3.8, 4) is 5.75 Å². The molecule has 1 aromatic carbocycles. The van der Waals surface area contributed by atoms with E-state index in [0.29, 0.717) is 4.47 Å². The van der Waals surface area contributed by atoms with Gasteiger partial charge in [0.1, 0.15) is 6.61 Å². The molecule has 0 unspecified atom stereocenters. The maximum absolute atomic E-state index is 13.4. The summed E-state index contributed by atoms with van der Waals surface area (Å²) in [5.41, 5.74) is -0.204. The smallest absolute Gasteiger partial charge is 0.358 e. The molecule has 1 N–H and O–H groups in total. The first kappa shape index (κ1) is 14.4. The van der Waals surface area contributed by atoms with Crippen molar-refractivity contribution in [2.75, 3.05) is 6.61 Å². The van der Waals surface area contributed by atoms with Crippen LogP contribution in [0.25, 0.3) is 0 Å². The van der Waals surface area contributed by atoms with E-state index in [4.69, 9.17) is 9.84 Å². The first-order valence-electron chi connectivity index (χ1n) is 5.38. The number of aromatic carboxylic acids is 1. The van der Waals surface area contributed by atoms with Gasteiger partial charge in [-0.25, -0.2) is 13.9 Å². The molecule has 2 aromatic rings. The molecule has 1 aromatic heterocycles. The average Bonchev–Trinajstić information content (AvgIpc) is 2.84. The topological polar surface area (TPSA) is 77.2 Å². The van der Waals surface area contributed by atoms with Crippen LogP contribution in [0.4, 0.5) is 8.78 Å².